The Balaban J connectivity index is 2.23. The van der Waals surface area contributed by atoms with E-state index in [9.17, 15) is 4.39 Å². The Morgan fingerprint density at radius 3 is 2.67 bits per heavy atom. The van der Waals surface area contributed by atoms with E-state index in [-0.39, 0.29) is 17.0 Å². The molecule has 0 radical (unpaired) electrons. The van der Waals surface area contributed by atoms with Gasteiger partial charge in [0.15, 0.2) is 0 Å². The van der Waals surface area contributed by atoms with E-state index < -0.39 is 5.82 Å². The summed E-state index contributed by atoms with van der Waals surface area (Å²) in [6.07, 6.45) is 0.914. The van der Waals surface area contributed by atoms with Crippen molar-refractivity contribution in [2.45, 2.75) is 13.3 Å². The minimum Gasteiger partial charge on any atom is -0.467 e. The second-order valence-electron chi connectivity index (χ2n) is 4.03. The lowest BCUT2D eigenvalue weighted by Gasteiger charge is -2.08. The van der Waals surface area contributed by atoms with Gasteiger partial charge in [0.2, 0.25) is 5.95 Å². The van der Waals surface area contributed by atoms with Crippen LogP contribution in [-0.2, 0) is 0 Å². The first-order valence-corrected chi connectivity index (χ1v) is 6.67. The SMILES string of the molecule is CCCNc1nc(OC)nc(Oc2ccc(F)c(Cl)c2)n1. The molecule has 0 saturated carbocycles. The molecule has 1 heterocycles. The molecule has 0 aliphatic heterocycles. The van der Waals surface area contributed by atoms with Crippen molar-refractivity contribution in [2.24, 2.45) is 0 Å². The van der Waals surface area contributed by atoms with Crippen LogP contribution in [0.25, 0.3) is 0 Å². The van der Waals surface area contributed by atoms with Crippen LogP contribution in [0.1, 0.15) is 13.3 Å². The highest BCUT2D eigenvalue weighted by molar-refractivity contribution is 6.30. The number of benzene rings is 1. The first-order valence-electron chi connectivity index (χ1n) is 6.29. The predicted octanol–water partition coefficient (Wildman–Crippen LogP) is 3.29. The summed E-state index contributed by atoms with van der Waals surface area (Å²) in [5, 5.41) is 2.96. The van der Waals surface area contributed by atoms with Gasteiger partial charge in [-0.1, -0.05) is 18.5 Å². The average Bonchev–Trinajstić information content (AvgIpc) is 2.48. The maximum atomic E-state index is 13.1. The fourth-order valence-corrected chi connectivity index (χ4v) is 1.61. The van der Waals surface area contributed by atoms with E-state index in [1.165, 1.54) is 25.3 Å². The fraction of sp³-hybridized carbons (Fsp3) is 0.308. The molecule has 0 fully saturated rings. The zero-order valence-electron chi connectivity index (χ0n) is 11.6. The van der Waals surface area contributed by atoms with Gasteiger partial charge in [-0.15, -0.1) is 4.98 Å². The summed E-state index contributed by atoms with van der Waals surface area (Å²) in [6.45, 7) is 2.72. The molecule has 2 aromatic rings. The van der Waals surface area contributed by atoms with Gasteiger partial charge in [0, 0.05) is 12.6 Å². The molecule has 0 atom stereocenters. The fourth-order valence-electron chi connectivity index (χ4n) is 1.44. The summed E-state index contributed by atoms with van der Waals surface area (Å²) >= 11 is 5.69. The number of aromatic nitrogens is 3. The number of methoxy groups -OCH3 is 1. The molecular formula is C13H14ClFN4O2. The number of nitrogens with one attached hydrogen (secondary N) is 1. The quantitative estimate of drug-likeness (QED) is 0.882. The van der Waals surface area contributed by atoms with Crippen LogP contribution in [0, 0.1) is 5.82 Å². The number of hydrogen-bond acceptors (Lipinski definition) is 6. The van der Waals surface area contributed by atoms with Crippen LogP contribution in [0.4, 0.5) is 10.3 Å². The Bertz CT molecular complexity index is 627. The minimum atomic E-state index is -0.525. The van der Waals surface area contributed by atoms with Crippen molar-refractivity contribution >= 4 is 17.5 Å². The molecule has 0 aliphatic carbocycles. The van der Waals surface area contributed by atoms with E-state index in [1.54, 1.807) is 0 Å². The molecule has 1 N–H and O–H groups in total. The third kappa shape index (κ3) is 4.16. The number of rotatable bonds is 6. The Kier molecular flexibility index (Phi) is 5.10. The first kappa shape index (κ1) is 15.2. The van der Waals surface area contributed by atoms with E-state index in [4.69, 9.17) is 21.1 Å². The summed E-state index contributed by atoms with van der Waals surface area (Å²) < 4.78 is 23.5. The van der Waals surface area contributed by atoms with Crippen LogP contribution in [-0.4, -0.2) is 28.6 Å². The third-order valence-electron chi connectivity index (χ3n) is 2.41. The van der Waals surface area contributed by atoms with Gasteiger partial charge in [-0.25, -0.2) is 4.39 Å². The van der Waals surface area contributed by atoms with Crippen molar-refractivity contribution in [3.8, 4) is 17.8 Å². The Labute approximate surface area is 126 Å². The van der Waals surface area contributed by atoms with Crippen molar-refractivity contribution in [3.63, 3.8) is 0 Å². The topological polar surface area (TPSA) is 69.2 Å². The molecular weight excluding hydrogens is 299 g/mol. The number of nitrogens with zero attached hydrogens (tertiary/aromatic N) is 3. The molecule has 0 aliphatic rings. The van der Waals surface area contributed by atoms with Crippen LogP contribution in [0.5, 0.6) is 17.8 Å². The highest BCUT2D eigenvalue weighted by Gasteiger charge is 2.10. The summed E-state index contributed by atoms with van der Waals surface area (Å²) in [4.78, 5) is 12.1. The molecule has 1 aromatic carbocycles. The number of halogens is 2. The number of ether oxygens (including phenoxy) is 2. The predicted molar refractivity (Wildman–Crippen MR) is 76.6 cm³/mol. The van der Waals surface area contributed by atoms with Gasteiger partial charge in [0.1, 0.15) is 11.6 Å². The van der Waals surface area contributed by atoms with Gasteiger partial charge in [0.25, 0.3) is 0 Å². The van der Waals surface area contributed by atoms with Crippen LogP contribution in [0.2, 0.25) is 5.02 Å². The Morgan fingerprint density at radius 2 is 2.00 bits per heavy atom. The van der Waals surface area contributed by atoms with E-state index in [2.05, 4.69) is 20.3 Å². The van der Waals surface area contributed by atoms with E-state index in [1.807, 2.05) is 6.92 Å². The molecule has 0 amide bonds. The molecule has 8 heteroatoms. The zero-order valence-corrected chi connectivity index (χ0v) is 12.3. The molecule has 112 valence electrons. The van der Waals surface area contributed by atoms with E-state index >= 15 is 0 Å². The summed E-state index contributed by atoms with van der Waals surface area (Å²) in [6, 6.07) is 4.12. The van der Waals surface area contributed by atoms with Gasteiger partial charge < -0.3 is 14.8 Å². The maximum absolute atomic E-state index is 13.1. The third-order valence-corrected chi connectivity index (χ3v) is 2.70. The largest absolute Gasteiger partial charge is 0.467 e. The molecule has 21 heavy (non-hydrogen) atoms. The molecule has 0 bridgehead atoms. The van der Waals surface area contributed by atoms with Gasteiger partial charge >= 0.3 is 12.0 Å². The van der Waals surface area contributed by atoms with Crippen molar-refractivity contribution in [1.82, 2.24) is 15.0 Å². The van der Waals surface area contributed by atoms with Crippen LogP contribution >= 0.6 is 11.6 Å². The smallest absolute Gasteiger partial charge is 0.330 e. The van der Waals surface area contributed by atoms with Gasteiger partial charge in [-0.3, -0.25) is 0 Å². The van der Waals surface area contributed by atoms with Gasteiger partial charge in [-0.2, -0.15) is 9.97 Å². The highest BCUT2D eigenvalue weighted by Crippen LogP contribution is 2.25. The van der Waals surface area contributed by atoms with Crippen LogP contribution in [0.15, 0.2) is 18.2 Å². The van der Waals surface area contributed by atoms with E-state index in [0.29, 0.717) is 18.2 Å². The second-order valence-corrected chi connectivity index (χ2v) is 4.44. The lowest BCUT2D eigenvalue weighted by molar-refractivity contribution is 0.360. The highest BCUT2D eigenvalue weighted by atomic mass is 35.5. The lowest BCUT2D eigenvalue weighted by atomic mass is 10.3. The average molecular weight is 313 g/mol. The monoisotopic (exact) mass is 312 g/mol. The molecule has 0 spiro atoms. The van der Waals surface area contributed by atoms with Gasteiger partial charge in [-0.05, 0) is 18.6 Å². The molecule has 2 rings (SSSR count). The van der Waals surface area contributed by atoms with Crippen LogP contribution in [0.3, 0.4) is 0 Å². The van der Waals surface area contributed by atoms with Crippen molar-refractivity contribution in [2.75, 3.05) is 19.0 Å². The maximum Gasteiger partial charge on any atom is 0.330 e. The summed E-state index contributed by atoms with van der Waals surface area (Å²) in [7, 11) is 1.44. The van der Waals surface area contributed by atoms with E-state index in [0.717, 1.165) is 6.42 Å². The number of anilines is 1. The first-order chi connectivity index (χ1) is 10.1. The second kappa shape index (κ2) is 7.03. The number of hydrogen-bond donors (Lipinski definition) is 1. The minimum absolute atomic E-state index is 0.0307. The molecule has 0 saturated heterocycles. The standard InChI is InChI=1S/C13H14ClFN4O2/c1-3-6-16-11-17-12(20-2)19-13(18-11)21-8-4-5-10(15)9(14)7-8/h4-5,7H,3,6H2,1-2H3,(H,16,17,18,19). The Morgan fingerprint density at radius 1 is 1.24 bits per heavy atom. The molecule has 1 aromatic heterocycles. The van der Waals surface area contributed by atoms with Crippen molar-refractivity contribution < 1.29 is 13.9 Å². The lowest BCUT2D eigenvalue weighted by Crippen LogP contribution is -2.07. The van der Waals surface area contributed by atoms with Crippen LogP contribution < -0.4 is 14.8 Å². The summed E-state index contributed by atoms with van der Waals surface area (Å²) in [5.74, 6) is 0.130. The van der Waals surface area contributed by atoms with Gasteiger partial charge in [0.05, 0.1) is 12.1 Å². The normalized spacial score (nSPS) is 10.3. The van der Waals surface area contributed by atoms with Crippen molar-refractivity contribution in [3.05, 3.63) is 29.0 Å². The molecule has 6 nitrogen and oxygen atoms in total. The molecule has 0 unspecified atom stereocenters. The van der Waals surface area contributed by atoms with Crippen molar-refractivity contribution in [1.29, 1.82) is 0 Å². The summed E-state index contributed by atoms with van der Waals surface area (Å²) in [5.41, 5.74) is 0. The zero-order chi connectivity index (χ0) is 15.2. The Hall–Kier alpha value is -2.15.